The van der Waals surface area contributed by atoms with Gasteiger partial charge in [0.2, 0.25) is 0 Å². The highest BCUT2D eigenvalue weighted by Gasteiger charge is 2.31. The van der Waals surface area contributed by atoms with E-state index in [0.29, 0.717) is 16.5 Å². The highest BCUT2D eigenvalue weighted by atomic mass is 79.9. The Kier molecular flexibility index (Phi) is 5.01. The van der Waals surface area contributed by atoms with Gasteiger partial charge in [-0.1, -0.05) is 35.7 Å². The summed E-state index contributed by atoms with van der Waals surface area (Å²) in [5.41, 5.74) is 5.77. The lowest BCUT2D eigenvalue weighted by molar-refractivity contribution is -0.137. The molecule has 0 fully saturated rings. The zero-order chi connectivity index (χ0) is 13.1. The number of halogens is 4. The van der Waals surface area contributed by atoms with Crippen LogP contribution in [0.4, 0.5) is 13.2 Å². The Hall–Kier alpha value is -0.550. The zero-order valence-electron chi connectivity index (χ0n) is 9.52. The molecule has 0 unspecified atom stereocenters. The molecule has 1 nitrogen and oxygen atoms in total. The number of rotatable bonds is 4. The maximum Gasteiger partial charge on any atom is 0.416 e. The number of alkyl halides is 3. The van der Waals surface area contributed by atoms with Crippen molar-refractivity contribution in [2.45, 2.75) is 38.4 Å². The van der Waals surface area contributed by atoms with Crippen molar-refractivity contribution in [3.05, 3.63) is 33.8 Å². The first-order chi connectivity index (χ1) is 7.86. The first-order valence-corrected chi connectivity index (χ1v) is 6.27. The Balaban J connectivity index is 2.98. The van der Waals surface area contributed by atoms with Gasteiger partial charge in [-0.15, -0.1) is 0 Å². The minimum atomic E-state index is -4.32. The maximum atomic E-state index is 12.6. The quantitative estimate of drug-likeness (QED) is 0.860. The Bertz CT molecular complexity index is 377. The highest BCUT2D eigenvalue weighted by molar-refractivity contribution is 9.10. The van der Waals surface area contributed by atoms with Gasteiger partial charge < -0.3 is 5.73 Å². The summed E-state index contributed by atoms with van der Waals surface area (Å²) in [6, 6.07) is 3.24. The smallest absolute Gasteiger partial charge is 0.324 e. The number of unbranched alkanes of at least 4 members (excludes halogenated alkanes) is 1. The van der Waals surface area contributed by atoms with Crippen LogP contribution in [-0.2, 0) is 6.18 Å². The average molecular weight is 310 g/mol. The van der Waals surface area contributed by atoms with E-state index in [9.17, 15) is 13.2 Å². The molecule has 0 aliphatic heterocycles. The molecule has 0 saturated carbocycles. The maximum absolute atomic E-state index is 12.6. The molecule has 96 valence electrons. The van der Waals surface area contributed by atoms with E-state index in [1.54, 1.807) is 0 Å². The van der Waals surface area contributed by atoms with Crippen LogP contribution in [0, 0.1) is 0 Å². The number of nitrogens with two attached hydrogens (primary N) is 1. The first kappa shape index (κ1) is 14.5. The minimum absolute atomic E-state index is 0.355. The van der Waals surface area contributed by atoms with Crippen LogP contribution in [0.3, 0.4) is 0 Å². The summed E-state index contributed by atoms with van der Waals surface area (Å²) in [7, 11) is 0. The molecule has 0 amide bonds. The van der Waals surface area contributed by atoms with Gasteiger partial charge in [0.25, 0.3) is 0 Å². The van der Waals surface area contributed by atoms with Crippen LogP contribution in [-0.4, -0.2) is 0 Å². The second-order valence-electron chi connectivity index (χ2n) is 3.98. The van der Waals surface area contributed by atoms with Crippen LogP contribution in [0.1, 0.15) is 43.4 Å². The number of hydrogen-bond acceptors (Lipinski definition) is 1. The van der Waals surface area contributed by atoms with E-state index in [0.717, 1.165) is 25.0 Å². The minimum Gasteiger partial charge on any atom is -0.324 e. The lowest BCUT2D eigenvalue weighted by Gasteiger charge is -2.16. The lowest BCUT2D eigenvalue weighted by Crippen LogP contribution is -2.13. The van der Waals surface area contributed by atoms with Gasteiger partial charge in [0.15, 0.2) is 0 Å². The van der Waals surface area contributed by atoms with Crippen LogP contribution in [0.25, 0.3) is 0 Å². The Morgan fingerprint density at radius 1 is 1.35 bits per heavy atom. The molecule has 0 radical (unpaired) electrons. The SMILES string of the molecule is CCCC[C@H](N)c1cc(C(F)(F)F)ccc1Br. The fraction of sp³-hybridized carbons (Fsp3) is 0.500. The predicted octanol–water partition coefficient (Wildman–Crippen LogP) is 4.66. The van der Waals surface area contributed by atoms with E-state index in [1.807, 2.05) is 6.92 Å². The molecule has 1 aromatic rings. The molecule has 0 aliphatic carbocycles. The fourth-order valence-corrected chi connectivity index (χ4v) is 2.12. The number of hydrogen-bond donors (Lipinski definition) is 1. The van der Waals surface area contributed by atoms with Crippen molar-refractivity contribution in [1.82, 2.24) is 0 Å². The van der Waals surface area contributed by atoms with Gasteiger partial charge in [0.1, 0.15) is 0 Å². The molecule has 0 aromatic heterocycles. The van der Waals surface area contributed by atoms with Gasteiger partial charge in [-0.25, -0.2) is 0 Å². The highest BCUT2D eigenvalue weighted by Crippen LogP contribution is 2.34. The molecule has 5 heteroatoms. The summed E-state index contributed by atoms with van der Waals surface area (Å²) in [4.78, 5) is 0. The van der Waals surface area contributed by atoms with Crippen molar-refractivity contribution < 1.29 is 13.2 Å². The molecule has 1 rings (SSSR count). The Morgan fingerprint density at radius 3 is 2.53 bits per heavy atom. The molecule has 1 atom stereocenters. The monoisotopic (exact) mass is 309 g/mol. The van der Waals surface area contributed by atoms with E-state index in [2.05, 4.69) is 15.9 Å². The zero-order valence-corrected chi connectivity index (χ0v) is 11.1. The topological polar surface area (TPSA) is 26.0 Å². The van der Waals surface area contributed by atoms with Gasteiger partial charge in [-0.2, -0.15) is 13.2 Å². The Morgan fingerprint density at radius 2 is 2.00 bits per heavy atom. The fourth-order valence-electron chi connectivity index (χ4n) is 1.58. The summed E-state index contributed by atoms with van der Waals surface area (Å²) in [5, 5.41) is 0. The first-order valence-electron chi connectivity index (χ1n) is 5.48. The average Bonchev–Trinajstić information content (AvgIpc) is 2.24. The second-order valence-corrected chi connectivity index (χ2v) is 4.84. The van der Waals surface area contributed by atoms with Gasteiger partial charge in [-0.3, -0.25) is 0 Å². The normalized spacial score (nSPS) is 13.8. The van der Waals surface area contributed by atoms with Gasteiger partial charge >= 0.3 is 6.18 Å². The summed E-state index contributed by atoms with van der Waals surface area (Å²) >= 11 is 3.24. The predicted molar refractivity (Wildman–Crippen MR) is 65.6 cm³/mol. The summed E-state index contributed by atoms with van der Waals surface area (Å²) < 4.78 is 38.3. The van der Waals surface area contributed by atoms with Crippen LogP contribution in [0.5, 0.6) is 0 Å². The molecule has 17 heavy (non-hydrogen) atoms. The van der Waals surface area contributed by atoms with Gasteiger partial charge in [0.05, 0.1) is 5.56 Å². The molecule has 0 aliphatic rings. The third-order valence-corrected chi connectivity index (χ3v) is 3.31. The van der Waals surface area contributed by atoms with E-state index < -0.39 is 11.7 Å². The second kappa shape index (κ2) is 5.87. The third kappa shape index (κ3) is 4.00. The van der Waals surface area contributed by atoms with Crippen LogP contribution >= 0.6 is 15.9 Å². The number of benzene rings is 1. The van der Waals surface area contributed by atoms with E-state index >= 15 is 0 Å². The molecule has 2 N–H and O–H groups in total. The van der Waals surface area contributed by atoms with Crippen molar-refractivity contribution in [3.63, 3.8) is 0 Å². The van der Waals surface area contributed by atoms with Crippen molar-refractivity contribution in [3.8, 4) is 0 Å². The van der Waals surface area contributed by atoms with E-state index in [4.69, 9.17) is 5.73 Å². The van der Waals surface area contributed by atoms with Crippen LogP contribution in [0.15, 0.2) is 22.7 Å². The van der Waals surface area contributed by atoms with Crippen molar-refractivity contribution >= 4 is 15.9 Å². The standard InChI is InChI=1S/C12H15BrF3N/c1-2-3-4-11(17)9-7-8(12(14,15)16)5-6-10(9)13/h5-7,11H,2-4,17H2,1H3/t11-/m0/s1. The molecule has 0 spiro atoms. The van der Waals surface area contributed by atoms with Crippen LogP contribution < -0.4 is 5.73 Å². The molecule has 0 heterocycles. The third-order valence-electron chi connectivity index (χ3n) is 2.59. The van der Waals surface area contributed by atoms with Crippen molar-refractivity contribution in [1.29, 1.82) is 0 Å². The van der Waals surface area contributed by atoms with Crippen LogP contribution in [0.2, 0.25) is 0 Å². The van der Waals surface area contributed by atoms with E-state index in [-0.39, 0.29) is 6.04 Å². The van der Waals surface area contributed by atoms with E-state index in [1.165, 1.54) is 6.07 Å². The molecule has 1 aromatic carbocycles. The summed E-state index contributed by atoms with van der Waals surface area (Å²) in [6.07, 6.45) is -1.75. The van der Waals surface area contributed by atoms with Crippen molar-refractivity contribution in [2.75, 3.05) is 0 Å². The summed E-state index contributed by atoms with van der Waals surface area (Å²) in [6.45, 7) is 2.02. The van der Waals surface area contributed by atoms with Crippen molar-refractivity contribution in [2.24, 2.45) is 5.73 Å². The lowest BCUT2D eigenvalue weighted by atomic mass is 10.00. The largest absolute Gasteiger partial charge is 0.416 e. The Labute approximate surface area is 107 Å². The summed E-state index contributed by atoms with van der Waals surface area (Å²) in [5.74, 6) is 0. The van der Waals surface area contributed by atoms with Gasteiger partial charge in [0, 0.05) is 10.5 Å². The molecule has 0 saturated heterocycles. The molecular formula is C12H15BrF3N. The molecule has 0 bridgehead atoms. The molecular weight excluding hydrogens is 295 g/mol. The van der Waals surface area contributed by atoms with Gasteiger partial charge in [-0.05, 0) is 30.2 Å².